The van der Waals surface area contributed by atoms with Crippen LogP contribution < -0.4 is 19.5 Å². The van der Waals surface area contributed by atoms with Gasteiger partial charge in [-0.2, -0.15) is 0 Å². The maximum Gasteiger partial charge on any atom is 0.246 e. The first-order valence-electron chi connectivity index (χ1n) is 6.29. The normalized spacial score (nSPS) is 10.0. The molecule has 0 saturated heterocycles. The summed E-state index contributed by atoms with van der Waals surface area (Å²) in [5.74, 6) is 1.61. The molecule has 1 aromatic rings. The van der Waals surface area contributed by atoms with E-state index in [0.717, 1.165) is 5.56 Å². The molecule has 0 unspecified atom stereocenters. The number of ether oxygens (including phenoxy) is 4. The van der Waals surface area contributed by atoms with Gasteiger partial charge < -0.3 is 24.3 Å². The van der Waals surface area contributed by atoms with Crippen LogP contribution in [0.15, 0.2) is 12.1 Å². The van der Waals surface area contributed by atoms with Crippen molar-refractivity contribution in [2.24, 2.45) is 0 Å². The van der Waals surface area contributed by atoms with Gasteiger partial charge in [-0.3, -0.25) is 4.79 Å². The standard InChI is InChI=1S/C14H21NO5/c1-5-20-9-14(16)15-8-10-6-12(18-3)13(19-4)7-11(10)17-2/h6-7H,5,8-9H2,1-4H3,(H,15,16). The molecule has 0 bridgehead atoms. The van der Waals surface area contributed by atoms with Crippen LogP contribution in [0.3, 0.4) is 0 Å². The molecule has 112 valence electrons. The van der Waals surface area contributed by atoms with Crippen LogP contribution in [-0.4, -0.2) is 40.5 Å². The van der Waals surface area contributed by atoms with Crippen molar-refractivity contribution in [2.45, 2.75) is 13.5 Å². The number of carbonyl (C=O) groups is 1. The lowest BCUT2D eigenvalue weighted by molar-refractivity contribution is -0.125. The Bertz CT molecular complexity index is 447. The Morgan fingerprint density at radius 2 is 1.65 bits per heavy atom. The van der Waals surface area contributed by atoms with E-state index in [1.807, 2.05) is 6.92 Å². The summed E-state index contributed by atoms with van der Waals surface area (Å²) in [6, 6.07) is 3.50. The molecule has 0 aliphatic rings. The van der Waals surface area contributed by atoms with E-state index in [1.54, 1.807) is 33.5 Å². The Balaban J connectivity index is 2.80. The van der Waals surface area contributed by atoms with Gasteiger partial charge in [0.1, 0.15) is 12.4 Å². The Hall–Kier alpha value is -1.95. The molecule has 1 aromatic carbocycles. The molecular formula is C14H21NO5. The fourth-order valence-corrected chi connectivity index (χ4v) is 1.67. The number of hydrogen-bond donors (Lipinski definition) is 1. The van der Waals surface area contributed by atoms with E-state index in [0.29, 0.717) is 30.4 Å². The van der Waals surface area contributed by atoms with Crippen LogP contribution in [0.2, 0.25) is 0 Å². The molecule has 0 atom stereocenters. The lowest BCUT2D eigenvalue weighted by atomic mass is 10.1. The minimum atomic E-state index is -0.177. The molecule has 0 fully saturated rings. The summed E-state index contributed by atoms with van der Waals surface area (Å²) in [7, 11) is 4.68. The molecule has 0 aliphatic carbocycles. The Morgan fingerprint density at radius 1 is 1.05 bits per heavy atom. The van der Waals surface area contributed by atoms with Gasteiger partial charge in [-0.05, 0) is 13.0 Å². The Kier molecular flexibility index (Phi) is 6.66. The van der Waals surface area contributed by atoms with E-state index in [4.69, 9.17) is 18.9 Å². The van der Waals surface area contributed by atoms with Gasteiger partial charge in [0.05, 0.1) is 21.3 Å². The molecule has 1 rings (SSSR count). The van der Waals surface area contributed by atoms with Gasteiger partial charge in [0, 0.05) is 24.8 Å². The van der Waals surface area contributed by atoms with E-state index in [9.17, 15) is 4.79 Å². The van der Waals surface area contributed by atoms with Crippen LogP contribution in [0.25, 0.3) is 0 Å². The van der Waals surface area contributed by atoms with Gasteiger partial charge in [0.25, 0.3) is 0 Å². The van der Waals surface area contributed by atoms with Crippen LogP contribution in [-0.2, 0) is 16.1 Å². The van der Waals surface area contributed by atoms with Crippen molar-refractivity contribution < 1.29 is 23.7 Å². The molecule has 0 spiro atoms. The van der Waals surface area contributed by atoms with Crippen molar-refractivity contribution in [3.05, 3.63) is 17.7 Å². The van der Waals surface area contributed by atoms with Crippen LogP contribution in [0.1, 0.15) is 12.5 Å². The van der Waals surface area contributed by atoms with Crippen molar-refractivity contribution in [3.63, 3.8) is 0 Å². The second kappa shape index (κ2) is 8.27. The van der Waals surface area contributed by atoms with Crippen LogP contribution >= 0.6 is 0 Å². The van der Waals surface area contributed by atoms with Crippen molar-refractivity contribution >= 4 is 5.91 Å². The minimum Gasteiger partial charge on any atom is -0.496 e. The summed E-state index contributed by atoms with van der Waals surface area (Å²) in [4.78, 5) is 11.5. The predicted octanol–water partition coefficient (Wildman–Crippen LogP) is 1.37. The third kappa shape index (κ3) is 4.31. The lowest BCUT2D eigenvalue weighted by Gasteiger charge is -2.14. The summed E-state index contributed by atoms with van der Waals surface area (Å²) in [6.45, 7) is 2.72. The molecule has 1 N–H and O–H groups in total. The third-order valence-electron chi connectivity index (χ3n) is 2.70. The van der Waals surface area contributed by atoms with Crippen LogP contribution in [0, 0.1) is 0 Å². The average Bonchev–Trinajstić information content (AvgIpc) is 2.49. The number of rotatable bonds is 8. The molecule has 0 saturated carbocycles. The second-order valence-electron chi connectivity index (χ2n) is 3.93. The largest absolute Gasteiger partial charge is 0.496 e. The van der Waals surface area contributed by atoms with Gasteiger partial charge in [0.2, 0.25) is 5.91 Å². The number of carbonyl (C=O) groups excluding carboxylic acids is 1. The smallest absolute Gasteiger partial charge is 0.246 e. The molecule has 0 radical (unpaired) electrons. The van der Waals surface area contributed by atoms with E-state index in [1.165, 1.54) is 0 Å². The zero-order valence-electron chi connectivity index (χ0n) is 12.3. The number of nitrogens with one attached hydrogen (secondary N) is 1. The molecule has 1 amide bonds. The Labute approximate surface area is 119 Å². The second-order valence-corrected chi connectivity index (χ2v) is 3.93. The zero-order valence-corrected chi connectivity index (χ0v) is 12.3. The van der Waals surface area contributed by atoms with Crippen molar-refractivity contribution in [1.82, 2.24) is 5.32 Å². The summed E-state index contributed by atoms with van der Waals surface area (Å²) in [5.41, 5.74) is 0.801. The number of methoxy groups -OCH3 is 3. The van der Waals surface area contributed by atoms with E-state index >= 15 is 0 Å². The first kappa shape index (κ1) is 16.1. The maximum atomic E-state index is 11.5. The maximum absolute atomic E-state index is 11.5. The molecule has 0 aromatic heterocycles. The minimum absolute atomic E-state index is 0.0477. The quantitative estimate of drug-likeness (QED) is 0.780. The first-order valence-corrected chi connectivity index (χ1v) is 6.29. The zero-order chi connectivity index (χ0) is 15.0. The van der Waals surface area contributed by atoms with E-state index in [2.05, 4.69) is 5.32 Å². The lowest BCUT2D eigenvalue weighted by Crippen LogP contribution is -2.27. The Morgan fingerprint density at radius 3 is 2.20 bits per heavy atom. The van der Waals surface area contributed by atoms with Crippen LogP contribution in [0.5, 0.6) is 17.2 Å². The van der Waals surface area contributed by atoms with Gasteiger partial charge in [0.15, 0.2) is 11.5 Å². The highest BCUT2D eigenvalue weighted by molar-refractivity contribution is 5.77. The van der Waals surface area contributed by atoms with E-state index in [-0.39, 0.29) is 12.5 Å². The summed E-state index contributed by atoms with van der Waals surface area (Å²) in [6.07, 6.45) is 0. The number of amides is 1. The molecule has 0 heterocycles. The fraction of sp³-hybridized carbons (Fsp3) is 0.500. The molecule has 6 heteroatoms. The van der Waals surface area contributed by atoms with Gasteiger partial charge in [-0.15, -0.1) is 0 Å². The molecule has 20 heavy (non-hydrogen) atoms. The first-order chi connectivity index (χ1) is 9.65. The SMILES string of the molecule is CCOCC(=O)NCc1cc(OC)c(OC)cc1OC. The van der Waals surface area contributed by atoms with E-state index < -0.39 is 0 Å². The van der Waals surface area contributed by atoms with Gasteiger partial charge in [-0.1, -0.05) is 0 Å². The van der Waals surface area contributed by atoms with Crippen molar-refractivity contribution in [1.29, 1.82) is 0 Å². The topological polar surface area (TPSA) is 66.0 Å². The molecule has 0 aliphatic heterocycles. The molecular weight excluding hydrogens is 262 g/mol. The summed E-state index contributed by atoms with van der Waals surface area (Å²) >= 11 is 0. The summed E-state index contributed by atoms with van der Waals surface area (Å²) in [5, 5.41) is 2.76. The highest BCUT2D eigenvalue weighted by atomic mass is 16.5. The van der Waals surface area contributed by atoms with Gasteiger partial charge >= 0.3 is 0 Å². The third-order valence-corrected chi connectivity index (χ3v) is 2.70. The van der Waals surface area contributed by atoms with Crippen LogP contribution in [0.4, 0.5) is 0 Å². The summed E-state index contributed by atoms with van der Waals surface area (Å²) < 4.78 is 20.7. The number of hydrogen-bond acceptors (Lipinski definition) is 5. The number of benzene rings is 1. The fourth-order valence-electron chi connectivity index (χ4n) is 1.67. The average molecular weight is 283 g/mol. The van der Waals surface area contributed by atoms with Crippen molar-refractivity contribution in [2.75, 3.05) is 34.5 Å². The van der Waals surface area contributed by atoms with Gasteiger partial charge in [-0.25, -0.2) is 0 Å². The predicted molar refractivity (Wildman–Crippen MR) is 74.4 cm³/mol. The highest BCUT2D eigenvalue weighted by Crippen LogP contribution is 2.34. The van der Waals surface area contributed by atoms with Crippen molar-refractivity contribution in [3.8, 4) is 17.2 Å². The molecule has 6 nitrogen and oxygen atoms in total. The highest BCUT2D eigenvalue weighted by Gasteiger charge is 2.12. The monoisotopic (exact) mass is 283 g/mol.